The summed E-state index contributed by atoms with van der Waals surface area (Å²) in [7, 11) is 0. The summed E-state index contributed by atoms with van der Waals surface area (Å²) in [6, 6.07) is 9.93. The molecule has 0 radical (unpaired) electrons. The van der Waals surface area contributed by atoms with Gasteiger partial charge in [-0.05, 0) is 36.8 Å². The number of benzene rings is 2. The Bertz CT molecular complexity index is 1170. The van der Waals surface area contributed by atoms with E-state index in [-0.39, 0.29) is 29.0 Å². The van der Waals surface area contributed by atoms with Crippen LogP contribution in [0, 0.1) is 10.1 Å². The highest BCUT2D eigenvalue weighted by Crippen LogP contribution is 2.34. The molecular formula is C19H14N2O7. The SMILES string of the molecule is CC(NC(=O)c1cc2cc([N+](=O)[O-])ccc2oc1=O)c1ccc2c(c1)OCO2. The first-order chi connectivity index (χ1) is 13.4. The number of carbonyl (C=O) groups excluding carboxylic acids is 1. The first-order valence-electron chi connectivity index (χ1n) is 8.35. The van der Waals surface area contributed by atoms with Crippen molar-refractivity contribution in [3.05, 3.63) is 74.1 Å². The van der Waals surface area contributed by atoms with Crippen LogP contribution in [0.15, 0.2) is 51.7 Å². The molecule has 0 spiro atoms. The van der Waals surface area contributed by atoms with Crippen molar-refractivity contribution in [2.45, 2.75) is 13.0 Å². The molecule has 1 aromatic heterocycles. The number of hydrogen-bond donors (Lipinski definition) is 1. The van der Waals surface area contributed by atoms with E-state index in [1.165, 1.54) is 24.3 Å². The number of carbonyl (C=O) groups is 1. The molecule has 1 N–H and O–H groups in total. The molecule has 9 heteroatoms. The van der Waals surface area contributed by atoms with Gasteiger partial charge in [0.05, 0.1) is 11.0 Å². The number of amides is 1. The van der Waals surface area contributed by atoms with Crippen molar-refractivity contribution in [2.24, 2.45) is 0 Å². The third-order valence-corrected chi connectivity index (χ3v) is 4.42. The molecule has 4 rings (SSSR count). The normalized spacial score (nSPS) is 13.3. The number of nitrogens with one attached hydrogen (secondary N) is 1. The minimum atomic E-state index is -0.822. The van der Waals surface area contributed by atoms with E-state index in [1.54, 1.807) is 25.1 Å². The van der Waals surface area contributed by atoms with Crippen molar-refractivity contribution in [2.75, 3.05) is 6.79 Å². The number of non-ortho nitro benzene ring substituents is 1. The van der Waals surface area contributed by atoms with Gasteiger partial charge in [0.15, 0.2) is 11.5 Å². The Hall–Kier alpha value is -3.88. The van der Waals surface area contributed by atoms with Gasteiger partial charge in [-0.3, -0.25) is 14.9 Å². The second kappa shape index (κ2) is 6.69. The summed E-state index contributed by atoms with van der Waals surface area (Å²) >= 11 is 0. The first-order valence-corrected chi connectivity index (χ1v) is 8.35. The number of nitrogens with zero attached hydrogens (tertiary/aromatic N) is 1. The average Bonchev–Trinajstić information content (AvgIpc) is 3.14. The third kappa shape index (κ3) is 3.13. The summed E-state index contributed by atoms with van der Waals surface area (Å²) in [6.07, 6.45) is 0. The fourth-order valence-electron chi connectivity index (χ4n) is 2.92. The van der Waals surface area contributed by atoms with Crippen LogP contribution in [0.25, 0.3) is 11.0 Å². The molecule has 3 aromatic rings. The standard InChI is InChI=1S/C19H14N2O7/c1-10(11-2-4-16-17(8-11)27-9-26-16)20-18(22)14-7-12-6-13(21(24)25)3-5-15(12)28-19(14)23/h2-8,10H,9H2,1H3,(H,20,22). The molecule has 0 bridgehead atoms. The van der Waals surface area contributed by atoms with Crippen LogP contribution in [-0.4, -0.2) is 17.6 Å². The molecule has 0 fully saturated rings. The molecule has 1 amide bonds. The lowest BCUT2D eigenvalue weighted by molar-refractivity contribution is -0.384. The Morgan fingerprint density at radius 1 is 1.14 bits per heavy atom. The second-order valence-corrected chi connectivity index (χ2v) is 6.23. The fraction of sp³-hybridized carbons (Fsp3) is 0.158. The minimum absolute atomic E-state index is 0.143. The van der Waals surface area contributed by atoms with Crippen LogP contribution >= 0.6 is 0 Å². The lowest BCUT2D eigenvalue weighted by atomic mass is 10.1. The molecule has 142 valence electrons. The van der Waals surface area contributed by atoms with Gasteiger partial charge < -0.3 is 19.2 Å². The minimum Gasteiger partial charge on any atom is -0.454 e. The summed E-state index contributed by atoms with van der Waals surface area (Å²) in [5.74, 6) is 0.558. The Balaban J connectivity index is 1.61. The van der Waals surface area contributed by atoms with Crippen LogP contribution < -0.4 is 20.4 Å². The van der Waals surface area contributed by atoms with Crippen LogP contribution in [-0.2, 0) is 0 Å². The van der Waals surface area contributed by atoms with Gasteiger partial charge >= 0.3 is 5.63 Å². The molecule has 0 saturated heterocycles. The number of rotatable bonds is 4. The van der Waals surface area contributed by atoms with Crippen LogP contribution in [0.3, 0.4) is 0 Å². The number of nitro groups is 1. The van der Waals surface area contributed by atoms with E-state index in [2.05, 4.69) is 5.32 Å². The number of hydrogen-bond acceptors (Lipinski definition) is 7. The van der Waals surface area contributed by atoms with E-state index in [0.717, 1.165) is 5.56 Å². The van der Waals surface area contributed by atoms with E-state index in [4.69, 9.17) is 13.9 Å². The van der Waals surface area contributed by atoms with Gasteiger partial charge in [0.25, 0.3) is 11.6 Å². The zero-order valence-corrected chi connectivity index (χ0v) is 14.6. The second-order valence-electron chi connectivity index (χ2n) is 6.23. The molecular weight excluding hydrogens is 368 g/mol. The summed E-state index contributed by atoms with van der Waals surface area (Å²) in [5.41, 5.74) is -0.298. The van der Waals surface area contributed by atoms with Gasteiger partial charge in [-0.15, -0.1) is 0 Å². The highest BCUT2D eigenvalue weighted by atomic mass is 16.7. The monoisotopic (exact) mass is 382 g/mol. The zero-order valence-electron chi connectivity index (χ0n) is 14.6. The summed E-state index contributed by atoms with van der Waals surface area (Å²) in [4.78, 5) is 35.1. The van der Waals surface area contributed by atoms with Crippen molar-refractivity contribution in [3.63, 3.8) is 0 Å². The maximum Gasteiger partial charge on any atom is 0.349 e. The largest absolute Gasteiger partial charge is 0.454 e. The zero-order chi connectivity index (χ0) is 19.8. The predicted molar refractivity (Wildman–Crippen MR) is 97.6 cm³/mol. The molecule has 0 aliphatic carbocycles. The molecule has 0 saturated carbocycles. The molecule has 1 unspecified atom stereocenters. The average molecular weight is 382 g/mol. The quantitative estimate of drug-likeness (QED) is 0.418. The molecule has 2 aromatic carbocycles. The van der Waals surface area contributed by atoms with Crippen molar-refractivity contribution >= 4 is 22.6 Å². The molecule has 28 heavy (non-hydrogen) atoms. The van der Waals surface area contributed by atoms with E-state index in [1.807, 2.05) is 0 Å². The highest BCUT2D eigenvalue weighted by Gasteiger charge is 2.20. The Labute approximate surface area is 157 Å². The molecule has 9 nitrogen and oxygen atoms in total. The lowest BCUT2D eigenvalue weighted by Gasteiger charge is -2.14. The van der Waals surface area contributed by atoms with E-state index in [9.17, 15) is 19.7 Å². The van der Waals surface area contributed by atoms with Gasteiger partial charge in [-0.25, -0.2) is 4.79 Å². The predicted octanol–water partition coefficient (Wildman–Crippen LogP) is 2.92. The van der Waals surface area contributed by atoms with Gasteiger partial charge in [0.2, 0.25) is 6.79 Å². The lowest BCUT2D eigenvalue weighted by Crippen LogP contribution is -2.30. The van der Waals surface area contributed by atoms with E-state index < -0.39 is 22.5 Å². The molecule has 1 atom stereocenters. The Kier molecular flexibility index (Phi) is 4.19. The fourth-order valence-corrected chi connectivity index (χ4v) is 2.92. The number of ether oxygens (including phenoxy) is 2. The first kappa shape index (κ1) is 17.5. The van der Waals surface area contributed by atoms with Gasteiger partial charge in [0, 0.05) is 17.5 Å². The highest BCUT2D eigenvalue weighted by molar-refractivity contribution is 5.97. The van der Waals surface area contributed by atoms with Gasteiger partial charge in [-0.2, -0.15) is 0 Å². The third-order valence-electron chi connectivity index (χ3n) is 4.42. The van der Waals surface area contributed by atoms with Crippen LogP contribution in [0.2, 0.25) is 0 Å². The maximum atomic E-state index is 12.6. The Morgan fingerprint density at radius 3 is 2.71 bits per heavy atom. The van der Waals surface area contributed by atoms with Crippen molar-refractivity contribution in [3.8, 4) is 11.5 Å². The smallest absolute Gasteiger partial charge is 0.349 e. The van der Waals surface area contributed by atoms with Crippen LogP contribution in [0.5, 0.6) is 11.5 Å². The Morgan fingerprint density at radius 2 is 1.93 bits per heavy atom. The summed E-state index contributed by atoms with van der Waals surface area (Å²) < 4.78 is 15.7. The van der Waals surface area contributed by atoms with Crippen molar-refractivity contribution in [1.82, 2.24) is 5.32 Å². The van der Waals surface area contributed by atoms with E-state index in [0.29, 0.717) is 11.5 Å². The molecule has 1 aliphatic rings. The number of fused-ring (bicyclic) bond motifs is 2. The summed E-state index contributed by atoms with van der Waals surface area (Å²) in [5, 5.41) is 13.9. The number of nitro benzene ring substituents is 1. The topological polar surface area (TPSA) is 121 Å². The molecule has 2 heterocycles. The van der Waals surface area contributed by atoms with Gasteiger partial charge in [-0.1, -0.05) is 6.07 Å². The van der Waals surface area contributed by atoms with Crippen molar-refractivity contribution < 1.29 is 23.6 Å². The molecule has 1 aliphatic heterocycles. The van der Waals surface area contributed by atoms with Gasteiger partial charge in [0.1, 0.15) is 11.1 Å². The maximum absolute atomic E-state index is 12.6. The summed E-state index contributed by atoms with van der Waals surface area (Å²) in [6.45, 7) is 1.90. The van der Waals surface area contributed by atoms with Crippen LogP contribution in [0.4, 0.5) is 5.69 Å². The van der Waals surface area contributed by atoms with Crippen LogP contribution in [0.1, 0.15) is 28.9 Å². The van der Waals surface area contributed by atoms with E-state index >= 15 is 0 Å². The van der Waals surface area contributed by atoms with Crippen molar-refractivity contribution in [1.29, 1.82) is 0 Å².